The molecule has 2 aromatic heterocycles. The summed E-state index contributed by atoms with van der Waals surface area (Å²) >= 11 is 0. The number of hydrogen-bond acceptors (Lipinski definition) is 4. The van der Waals surface area contributed by atoms with Gasteiger partial charge in [0, 0.05) is 44.1 Å². The van der Waals surface area contributed by atoms with Crippen molar-refractivity contribution in [3.05, 3.63) is 30.2 Å². The Balaban J connectivity index is 1.67. The number of anilines is 1. The number of nitrogens with two attached hydrogens (primary N) is 1. The lowest BCUT2D eigenvalue weighted by Gasteiger charge is -2.26. The molecule has 0 bridgehead atoms. The van der Waals surface area contributed by atoms with E-state index in [-0.39, 0.29) is 0 Å². The first kappa shape index (κ1) is 11.5. The Labute approximate surface area is 106 Å². The molecule has 0 radical (unpaired) electrons. The van der Waals surface area contributed by atoms with Gasteiger partial charge in [0.05, 0.1) is 18.9 Å². The van der Waals surface area contributed by atoms with Gasteiger partial charge in [-0.25, -0.2) is 4.98 Å². The normalized spacial score (nSPS) is 17.3. The third-order valence-corrected chi connectivity index (χ3v) is 3.31. The number of aromatic nitrogens is 2. The lowest BCUT2D eigenvalue weighted by Crippen LogP contribution is -2.37. The van der Waals surface area contributed by atoms with Crippen molar-refractivity contribution in [3.63, 3.8) is 0 Å². The Kier molecular flexibility index (Phi) is 3.17. The first-order chi connectivity index (χ1) is 8.81. The summed E-state index contributed by atoms with van der Waals surface area (Å²) in [7, 11) is 0. The Morgan fingerprint density at radius 1 is 1.22 bits per heavy atom. The van der Waals surface area contributed by atoms with E-state index >= 15 is 0 Å². The first-order valence-electron chi connectivity index (χ1n) is 6.34. The smallest absolute Gasteiger partial charge is 0.137 e. The fourth-order valence-electron chi connectivity index (χ4n) is 2.28. The lowest BCUT2D eigenvalue weighted by atomic mass is 10.3. The van der Waals surface area contributed by atoms with E-state index in [0.717, 1.165) is 56.3 Å². The minimum atomic E-state index is 0.764. The molecule has 96 valence electrons. The molecule has 5 nitrogen and oxygen atoms in total. The molecule has 3 heterocycles. The number of ether oxygens (including phenoxy) is 1. The molecule has 1 aliphatic heterocycles. The van der Waals surface area contributed by atoms with Crippen LogP contribution in [0, 0.1) is 0 Å². The largest absolute Gasteiger partial charge is 0.398 e. The van der Waals surface area contributed by atoms with Crippen molar-refractivity contribution in [1.29, 1.82) is 0 Å². The molecule has 1 saturated heterocycles. The molecule has 0 aromatic carbocycles. The summed E-state index contributed by atoms with van der Waals surface area (Å²) in [6.45, 7) is 4.80. The summed E-state index contributed by atoms with van der Waals surface area (Å²) in [4.78, 5) is 7.01. The van der Waals surface area contributed by atoms with Gasteiger partial charge in [-0.1, -0.05) is 0 Å². The molecule has 1 fully saturated rings. The first-order valence-corrected chi connectivity index (χ1v) is 6.34. The fourth-order valence-corrected chi connectivity index (χ4v) is 2.28. The molecule has 0 saturated carbocycles. The number of pyridine rings is 1. The van der Waals surface area contributed by atoms with Gasteiger partial charge in [-0.2, -0.15) is 0 Å². The van der Waals surface area contributed by atoms with Crippen molar-refractivity contribution >= 4 is 11.3 Å². The summed E-state index contributed by atoms with van der Waals surface area (Å²) in [5.41, 5.74) is 8.59. The highest BCUT2D eigenvalue weighted by atomic mass is 16.5. The van der Waals surface area contributed by atoms with Crippen LogP contribution in [0.2, 0.25) is 0 Å². The Hall–Kier alpha value is -1.59. The molecular formula is C13H18N4O. The number of imidazole rings is 1. The highest BCUT2D eigenvalue weighted by molar-refractivity contribution is 5.48. The van der Waals surface area contributed by atoms with E-state index in [1.54, 1.807) is 0 Å². The van der Waals surface area contributed by atoms with Gasteiger partial charge in [-0.05, 0) is 12.1 Å². The number of rotatable bonds is 3. The predicted octanol–water partition coefficient (Wildman–Crippen LogP) is 0.791. The van der Waals surface area contributed by atoms with Crippen molar-refractivity contribution in [2.45, 2.75) is 6.42 Å². The number of nitrogens with zero attached hydrogens (tertiary/aromatic N) is 3. The van der Waals surface area contributed by atoms with Gasteiger partial charge in [0.2, 0.25) is 0 Å². The standard InChI is InChI=1S/C13H18N4O/c14-11-1-2-13-15-12(10-17(13)9-11)3-4-16-5-7-18-8-6-16/h1-2,9-10H,3-8,14H2. The summed E-state index contributed by atoms with van der Waals surface area (Å²) in [5.74, 6) is 0. The van der Waals surface area contributed by atoms with Crippen LogP contribution >= 0.6 is 0 Å². The zero-order valence-electron chi connectivity index (χ0n) is 10.4. The van der Waals surface area contributed by atoms with Crippen LogP contribution in [-0.2, 0) is 11.2 Å². The molecular weight excluding hydrogens is 228 g/mol. The maximum atomic E-state index is 5.75. The fraction of sp³-hybridized carbons (Fsp3) is 0.462. The van der Waals surface area contributed by atoms with Crippen LogP contribution in [0.1, 0.15) is 5.69 Å². The second-order valence-corrected chi connectivity index (χ2v) is 4.66. The van der Waals surface area contributed by atoms with E-state index in [1.165, 1.54) is 0 Å². The quantitative estimate of drug-likeness (QED) is 0.870. The molecule has 0 spiro atoms. The molecule has 3 rings (SSSR count). The van der Waals surface area contributed by atoms with Gasteiger partial charge in [-0.3, -0.25) is 4.90 Å². The van der Waals surface area contributed by atoms with Gasteiger partial charge in [0.15, 0.2) is 0 Å². The van der Waals surface area contributed by atoms with E-state index in [9.17, 15) is 0 Å². The van der Waals surface area contributed by atoms with Crippen molar-refractivity contribution in [2.75, 3.05) is 38.6 Å². The van der Waals surface area contributed by atoms with Crippen molar-refractivity contribution in [2.24, 2.45) is 0 Å². The lowest BCUT2D eigenvalue weighted by molar-refractivity contribution is 0.0383. The SMILES string of the molecule is Nc1ccc2nc(CCN3CCOCC3)cn2c1. The zero-order chi connectivity index (χ0) is 12.4. The Morgan fingerprint density at radius 3 is 2.89 bits per heavy atom. The van der Waals surface area contributed by atoms with Crippen LogP contribution in [-0.4, -0.2) is 47.1 Å². The van der Waals surface area contributed by atoms with E-state index in [4.69, 9.17) is 10.5 Å². The van der Waals surface area contributed by atoms with Gasteiger partial charge < -0.3 is 14.9 Å². The van der Waals surface area contributed by atoms with Gasteiger partial charge in [0.25, 0.3) is 0 Å². The van der Waals surface area contributed by atoms with Crippen LogP contribution in [0.25, 0.3) is 5.65 Å². The molecule has 5 heteroatoms. The van der Waals surface area contributed by atoms with Gasteiger partial charge in [-0.15, -0.1) is 0 Å². The maximum absolute atomic E-state index is 5.75. The average molecular weight is 246 g/mol. The van der Waals surface area contributed by atoms with E-state index in [1.807, 2.05) is 22.7 Å². The third kappa shape index (κ3) is 2.47. The van der Waals surface area contributed by atoms with Crippen LogP contribution in [0.5, 0.6) is 0 Å². The van der Waals surface area contributed by atoms with E-state index in [0.29, 0.717) is 0 Å². The number of hydrogen-bond donors (Lipinski definition) is 1. The molecule has 0 unspecified atom stereocenters. The van der Waals surface area contributed by atoms with E-state index in [2.05, 4.69) is 16.1 Å². The summed E-state index contributed by atoms with van der Waals surface area (Å²) < 4.78 is 7.33. The molecule has 2 N–H and O–H groups in total. The monoisotopic (exact) mass is 246 g/mol. The highest BCUT2D eigenvalue weighted by Gasteiger charge is 2.10. The Morgan fingerprint density at radius 2 is 2.06 bits per heavy atom. The number of fused-ring (bicyclic) bond motifs is 1. The molecule has 0 amide bonds. The summed E-state index contributed by atoms with van der Waals surface area (Å²) in [6, 6.07) is 3.83. The third-order valence-electron chi connectivity index (χ3n) is 3.31. The summed E-state index contributed by atoms with van der Waals surface area (Å²) in [5, 5.41) is 0. The van der Waals surface area contributed by atoms with Crippen LogP contribution < -0.4 is 5.73 Å². The zero-order valence-corrected chi connectivity index (χ0v) is 10.4. The number of morpholine rings is 1. The van der Waals surface area contributed by atoms with Crippen molar-refractivity contribution in [1.82, 2.24) is 14.3 Å². The maximum Gasteiger partial charge on any atom is 0.137 e. The van der Waals surface area contributed by atoms with Gasteiger partial charge in [0.1, 0.15) is 5.65 Å². The number of nitrogen functional groups attached to an aromatic ring is 1. The van der Waals surface area contributed by atoms with Crippen molar-refractivity contribution < 1.29 is 4.74 Å². The second kappa shape index (κ2) is 4.96. The average Bonchev–Trinajstić information content (AvgIpc) is 2.79. The van der Waals surface area contributed by atoms with Crippen LogP contribution in [0.4, 0.5) is 5.69 Å². The van der Waals surface area contributed by atoms with Crippen molar-refractivity contribution in [3.8, 4) is 0 Å². The molecule has 1 aliphatic rings. The minimum Gasteiger partial charge on any atom is -0.398 e. The minimum absolute atomic E-state index is 0.764. The predicted molar refractivity (Wildman–Crippen MR) is 70.6 cm³/mol. The highest BCUT2D eigenvalue weighted by Crippen LogP contribution is 2.10. The van der Waals surface area contributed by atoms with Gasteiger partial charge >= 0.3 is 0 Å². The molecule has 2 aromatic rings. The molecule has 0 atom stereocenters. The molecule has 18 heavy (non-hydrogen) atoms. The second-order valence-electron chi connectivity index (χ2n) is 4.66. The molecule has 0 aliphatic carbocycles. The summed E-state index contributed by atoms with van der Waals surface area (Å²) in [6.07, 6.45) is 4.94. The van der Waals surface area contributed by atoms with E-state index < -0.39 is 0 Å². The van der Waals surface area contributed by atoms with Crippen LogP contribution in [0.3, 0.4) is 0 Å². The topological polar surface area (TPSA) is 55.8 Å². The van der Waals surface area contributed by atoms with Crippen LogP contribution in [0.15, 0.2) is 24.5 Å². The Bertz CT molecular complexity index is 531.